The van der Waals surface area contributed by atoms with Crippen LogP contribution in [-0.2, 0) is 24.7 Å². The molecule has 1 unspecified atom stereocenters. The van der Waals surface area contributed by atoms with E-state index in [4.69, 9.17) is 9.47 Å². The second kappa shape index (κ2) is 9.58. The molecule has 0 radical (unpaired) electrons. The summed E-state index contributed by atoms with van der Waals surface area (Å²) in [7, 11) is 0. The van der Waals surface area contributed by atoms with Gasteiger partial charge in [0, 0.05) is 0 Å². The van der Waals surface area contributed by atoms with Crippen molar-refractivity contribution in [1.82, 2.24) is 0 Å². The Morgan fingerprint density at radius 3 is 2.39 bits per heavy atom. The standard InChI is InChI=1S/C24H36O4/c1-6-20(27-22(26)23(4,5)7-2)17-21(25)28-24(14-9-8-10-15-24)19-13-11-12-18(3)16-19/h11-13,16,20H,6-10,14-15,17H2,1-5H3. The van der Waals surface area contributed by atoms with Crippen molar-refractivity contribution in [2.45, 2.75) is 97.7 Å². The molecule has 156 valence electrons. The van der Waals surface area contributed by atoms with E-state index in [0.29, 0.717) is 12.8 Å². The minimum absolute atomic E-state index is 0.107. The van der Waals surface area contributed by atoms with Crippen LogP contribution in [0.15, 0.2) is 24.3 Å². The van der Waals surface area contributed by atoms with Gasteiger partial charge in [-0.3, -0.25) is 9.59 Å². The molecule has 28 heavy (non-hydrogen) atoms. The first-order chi connectivity index (χ1) is 13.2. The molecule has 0 aromatic heterocycles. The second-order valence-electron chi connectivity index (χ2n) is 8.78. The predicted octanol–water partition coefficient (Wildman–Crippen LogP) is 5.85. The van der Waals surface area contributed by atoms with Gasteiger partial charge in [0.1, 0.15) is 11.7 Å². The molecule has 1 saturated carbocycles. The van der Waals surface area contributed by atoms with Crippen LogP contribution >= 0.6 is 0 Å². The molecule has 4 nitrogen and oxygen atoms in total. The van der Waals surface area contributed by atoms with E-state index in [1.807, 2.05) is 33.8 Å². The summed E-state index contributed by atoms with van der Waals surface area (Å²) in [6.45, 7) is 9.69. The minimum atomic E-state index is -0.549. The zero-order chi connectivity index (χ0) is 20.8. The van der Waals surface area contributed by atoms with Crippen molar-refractivity contribution >= 4 is 11.9 Å². The molecule has 1 aromatic rings. The second-order valence-corrected chi connectivity index (χ2v) is 8.78. The van der Waals surface area contributed by atoms with E-state index in [0.717, 1.165) is 31.2 Å². The van der Waals surface area contributed by atoms with Gasteiger partial charge in [0.2, 0.25) is 0 Å². The number of ether oxygens (including phenoxy) is 2. The van der Waals surface area contributed by atoms with Crippen LogP contribution in [0, 0.1) is 12.3 Å². The minimum Gasteiger partial charge on any atom is -0.461 e. The van der Waals surface area contributed by atoms with Crippen LogP contribution in [0.1, 0.15) is 90.2 Å². The fourth-order valence-corrected chi connectivity index (χ4v) is 3.67. The first kappa shape index (κ1) is 22.4. The number of aryl methyl sites for hydroxylation is 1. The highest BCUT2D eigenvalue weighted by Gasteiger charge is 2.38. The van der Waals surface area contributed by atoms with E-state index in [2.05, 4.69) is 25.1 Å². The molecule has 0 bridgehead atoms. The molecule has 0 N–H and O–H groups in total. The van der Waals surface area contributed by atoms with Crippen molar-refractivity contribution < 1.29 is 19.1 Å². The molecular formula is C24H36O4. The number of esters is 2. The van der Waals surface area contributed by atoms with Gasteiger partial charge in [-0.25, -0.2) is 0 Å². The first-order valence-corrected chi connectivity index (χ1v) is 10.7. The summed E-state index contributed by atoms with van der Waals surface area (Å²) in [4.78, 5) is 25.2. The molecule has 1 fully saturated rings. The lowest BCUT2D eigenvalue weighted by Gasteiger charge is -2.38. The van der Waals surface area contributed by atoms with E-state index in [9.17, 15) is 9.59 Å². The molecule has 1 atom stereocenters. The van der Waals surface area contributed by atoms with E-state index in [1.54, 1.807) is 0 Å². The van der Waals surface area contributed by atoms with Crippen LogP contribution in [-0.4, -0.2) is 18.0 Å². The lowest BCUT2D eigenvalue weighted by atomic mass is 9.79. The first-order valence-electron chi connectivity index (χ1n) is 10.7. The Kier molecular flexibility index (Phi) is 7.68. The van der Waals surface area contributed by atoms with Crippen molar-refractivity contribution in [3.63, 3.8) is 0 Å². The van der Waals surface area contributed by atoms with Gasteiger partial charge in [-0.1, -0.05) is 50.1 Å². The maximum atomic E-state index is 12.8. The SMILES string of the molecule is CCC(CC(=O)OC1(c2cccc(C)c2)CCCCC1)OC(=O)C(C)(C)CC. The molecule has 4 heteroatoms. The Balaban J connectivity index is 2.10. The van der Waals surface area contributed by atoms with Gasteiger partial charge in [0.15, 0.2) is 0 Å². The van der Waals surface area contributed by atoms with Crippen molar-refractivity contribution in [1.29, 1.82) is 0 Å². The highest BCUT2D eigenvalue weighted by molar-refractivity contribution is 5.77. The Bertz CT molecular complexity index is 671. The molecule has 1 aliphatic carbocycles. The van der Waals surface area contributed by atoms with Crippen LogP contribution < -0.4 is 0 Å². The molecule has 0 spiro atoms. The maximum absolute atomic E-state index is 12.8. The number of hydrogen-bond donors (Lipinski definition) is 0. The molecule has 0 aliphatic heterocycles. The third kappa shape index (κ3) is 5.59. The summed E-state index contributed by atoms with van der Waals surface area (Å²) < 4.78 is 11.7. The van der Waals surface area contributed by atoms with E-state index < -0.39 is 17.1 Å². The van der Waals surface area contributed by atoms with Crippen LogP contribution in [0.5, 0.6) is 0 Å². The van der Waals surface area contributed by atoms with E-state index >= 15 is 0 Å². The third-order valence-corrected chi connectivity index (χ3v) is 6.07. The average Bonchev–Trinajstić information content (AvgIpc) is 2.67. The summed E-state index contributed by atoms with van der Waals surface area (Å²) in [5, 5.41) is 0. The molecule has 0 amide bonds. The normalized spacial score (nSPS) is 17.6. The van der Waals surface area contributed by atoms with Crippen molar-refractivity contribution in [3.05, 3.63) is 35.4 Å². The zero-order valence-corrected chi connectivity index (χ0v) is 18.2. The highest BCUT2D eigenvalue weighted by atomic mass is 16.6. The summed E-state index contributed by atoms with van der Waals surface area (Å²) in [5.74, 6) is -0.530. The van der Waals surface area contributed by atoms with Crippen LogP contribution in [0.25, 0.3) is 0 Å². The number of hydrogen-bond acceptors (Lipinski definition) is 4. The third-order valence-electron chi connectivity index (χ3n) is 6.07. The number of benzene rings is 1. The average molecular weight is 389 g/mol. The summed E-state index contributed by atoms with van der Waals surface area (Å²) in [5.41, 5.74) is 1.16. The Hall–Kier alpha value is -1.84. The largest absolute Gasteiger partial charge is 0.461 e. The molecule has 2 rings (SSSR count). The Morgan fingerprint density at radius 1 is 1.14 bits per heavy atom. The van der Waals surface area contributed by atoms with Crippen molar-refractivity contribution in [2.24, 2.45) is 5.41 Å². The quantitative estimate of drug-likeness (QED) is 0.525. The topological polar surface area (TPSA) is 52.6 Å². The number of carbonyl (C=O) groups is 2. The van der Waals surface area contributed by atoms with Gasteiger partial charge < -0.3 is 9.47 Å². The molecule has 0 heterocycles. The fourth-order valence-electron chi connectivity index (χ4n) is 3.67. The fraction of sp³-hybridized carbons (Fsp3) is 0.667. The molecule has 0 saturated heterocycles. The van der Waals surface area contributed by atoms with Gasteiger partial charge >= 0.3 is 11.9 Å². The van der Waals surface area contributed by atoms with Gasteiger partial charge in [-0.15, -0.1) is 0 Å². The smallest absolute Gasteiger partial charge is 0.311 e. The van der Waals surface area contributed by atoms with Crippen molar-refractivity contribution in [3.8, 4) is 0 Å². The summed E-state index contributed by atoms with van der Waals surface area (Å²) >= 11 is 0. The Morgan fingerprint density at radius 2 is 1.82 bits per heavy atom. The highest BCUT2D eigenvalue weighted by Crippen LogP contribution is 2.41. The lowest BCUT2D eigenvalue weighted by Crippen LogP contribution is -2.37. The maximum Gasteiger partial charge on any atom is 0.311 e. The van der Waals surface area contributed by atoms with Crippen LogP contribution in [0.4, 0.5) is 0 Å². The van der Waals surface area contributed by atoms with Crippen LogP contribution in [0.2, 0.25) is 0 Å². The van der Waals surface area contributed by atoms with E-state index in [1.165, 1.54) is 12.0 Å². The van der Waals surface area contributed by atoms with Gasteiger partial charge in [-0.2, -0.15) is 0 Å². The number of rotatable bonds is 8. The molecular weight excluding hydrogens is 352 g/mol. The monoisotopic (exact) mass is 388 g/mol. The Labute approximate surface area is 170 Å². The van der Waals surface area contributed by atoms with E-state index in [-0.39, 0.29) is 18.4 Å². The zero-order valence-electron chi connectivity index (χ0n) is 18.2. The summed E-state index contributed by atoms with van der Waals surface area (Å²) in [6, 6.07) is 8.27. The summed E-state index contributed by atoms with van der Waals surface area (Å²) in [6.07, 6.45) is 5.94. The van der Waals surface area contributed by atoms with Gasteiger partial charge in [0.05, 0.1) is 11.8 Å². The van der Waals surface area contributed by atoms with Crippen molar-refractivity contribution in [2.75, 3.05) is 0 Å². The van der Waals surface area contributed by atoms with Gasteiger partial charge in [0.25, 0.3) is 0 Å². The van der Waals surface area contributed by atoms with Crippen LogP contribution in [0.3, 0.4) is 0 Å². The predicted molar refractivity (Wildman–Crippen MR) is 111 cm³/mol. The number of carbonyl (C=O) groups excluding carboxylic acids is 2. The lowest BCUT2D eigenvalue weighted by molar-refractivity contribution is -0.172. The molecule has 1 aliphatic rings. The van der Waals surface area contributed by atoms with Gasteiger partial charge in [-0.05, 0) is 64.9 Å². The molecule has 1 aromatic carbocycles.